The molecule has 1 atom stereocenters. The van der Waals surface area contributed by atoms with Crippen LogP contribution in [0.2, 0.25) is 0 Å². The van der Waals surface area contributed by atoms with Gasteiger partial charge < -0.3 is 15.6 Å². The summed E-state index contributed by atoms with van der Waals surface area (Å²) >= 11 is 0. The van der Waals surface area contributed by atoms with Crippen LogP contribution in [0.4, 0.5) is 0 Å². The molecule has 0 aliphatic rings. The van der Waals surface area contributed by atoms with Crippen molar-refractivity contribution < 1.29 is 4.52 Å². The lowest BCUT2D eigenvalue weighted by Crippen LogP contribution is -2.38. The van der Waals surface area contributed by atoms with Gasteiger partial charge in [0, 0.05) is 18.0 Å². The highest BCUT2D eigenvalue weighted by Gasteiger charge is 2.12. The number of aliphatic imine (C=N–C) groups is 1. The highest BCUT2D eigenvalue weighted by atomic mass is 127. The van der Waals surface area contributed by atoms with E-state index in [4.69, 9.17) is 10.3 Å². The van der Waals surface area contributed by atoms with Crippen molar-refractivity contribution in [2.45, 2.75) is 65.5 Å². The maximum atomic E-state index is 5.79. The lowest BCUT2D eigenvalue weighted by molar-refractivity contribution is 0.372. The summed E-state index contributed by atoms with van der Waals surface area (Å²) in [5.74, 6) is 1.68. The second-order valence-electron chi connectivity index (χ2n) is 4.89. The predicted octanol–water partition coefficient (Wildman–Crippen LogP) is 3.40. The minimum absolute atomic E-state index is 0. The van der Waals surface area contributed by atoms with E-state index in [1.807, 2.05) is 6.07 Å². The Morgan fingerprint density at radius 3 is 2.55 bits per heavy atom. The number of nitrogens with one attached hydrogen (secondary N) is 1. The van der Waals surface area contributed by atoms with Crippen LogP contribution in [-0.4, -0.2) is 17.2 Å². The number of halogens is 1. The topological polar surface area (TPSA) is 76.4 Å². The van der Waals surface area contributed by atoms with Crippen molar-refractivity contribution in [1.29, 1.82) is 0 Å². The molecule has 116 valence electrons. The van der Waals surface area contributed by atoms with Gasteiger partial charge in [0.1, 0.15) is 6.54 Å². The monoisotopic (exact) mass is 394 g/mol. The average molecular weight is 394 g/mol. The number of rotatable bonds is 7. The summed E-state index contributed by atoms with van der Waals surface area (Å²) in [5.41, 5.74) is 6.81. The van der Waals surface area contributed by atoms with Crippen molar-refractivity contribution in [2.75, 3.05) is 0 Å². The van der Waals surface area contributed by atoms with Crippen LogP contribution in [0.25, 0.3) is 0 Å². The van der Waals surface area contributed by atoms with Gasteiger partial charge in [0.25, 0.3) is 0 Å². The molecule has 1 unspecified atom stereocenters. The zero-order valence-corrected chi connectivity index (χ0v) is 15.2. The molecule has 1 rings (SSSR count). The van der Waals surface area contributed by atoms with E-state index < -0.39 is 0 Å². The quantitative estimate of drug-likeness (QED) is 0.422. The molecule has 1 heterocycles. The van der Waals surface area contributed by atoms with Crippen LogP contribution in [0.15, 0.2) is 15.6 Å². The average Bonchev–Trinajstić information content (AvgIpc) is 2.86. The van der Waals surface area contributed by atoms with Gasteiger partial charge in [0.05, 0.1) is 5.69 Å². The molecule has 0 radical (unpaired) electrons. The van der Waals surface area contributed by atoms with E-state index in [-0.39, 0.29) is 24.0 Å². The van der Waals surface area contributed by atoms with Crippen LogP contribution in [0.1, 0.15) is 64.3 Å². The lowest BCUT2D eigenvalue weighted by Gasteiger charge is -2.11. The number of hydrogen-bond donors (Lipinski definition) is 2. The third-order valence-electron chi connectivity index (χ3n) is 3.39. The zero-order valence-electron chi connectivity index (χ0n) is 12.8. The summed E-state index contributed by atoms with van der Waals surface area (Å²) in [6.07, 6.45) is 3.16. The van der Waals surface area contributed by atoms with E-state index in [0.29, 0.717) is 24.5 Å². The van der Waals surface area contributed by atoms with Gasteiger partial charge in [0.15, 0.2) is 11.7 Å². The van der Waals surface area contributed by atoms with Crippen LogP contribution in [0, 0.1) is 0 Å². The number of guanidine groups is 1. The van der Waals surface area contributed by atoms with Crippen molar-refractivity contribution in [3.63, 3.8) is 0 Å². The molecule has 0 bridgehead atoms. The number of hydrogen-bond acceptors (Lipinski definition) is 3. The van der Waals surface area contributed by atoms with Crippen molar-refractivity contribution >= 4 is 29.9 Å². The summed E-state index contributed by atoms with van der Waals surface area (Å²) in [6, 6.07) is 2.32. The molecule has 6 heteroatoms. The fourth-order valence-corrected chi connectivity index (χ4v) is 1.87. The molecule has 0 amide bonds. The van der Waals surface area contributed by atoms with Crippen molar-refractivity contribution in [3.05, 3.63) is 17.5 Å². The molecular weight excluding hydrogens is 367 g/mol. The Balaban J connectivity index is 0.00000361. The first-order chi connectivity index (χ1) is 9.10. The molecule has 0 aromatic carbocycles. The van der Waals surface area contributed by atoms with E-state index in [1.165, 1.54) is 0 Å². The zero-order chi connectivity index (χ0) is 14.3. The molecule has 0 saturated heterocycles. The molecule has 3 N–H and O–H groups in total. The van der Waals surface area contributed by atoms with Crippen LogP contribution < -0.4 is 11.1 Å². The molecule has 1 aromatic rings. The largest absolute Gasteiger partial charge is 0.370 e. The van der Waals surface area contributed by atoms with Gasteiger partial charge in [-0.1, -0.05) is 25.9 Å². The number of nitrogens with two attached hydrogens (primary N) is 1. The van der Waals surface area contributed by atoms with E-state index in [1.54, 1.807) is 0 Å². The van der Waals surface area contributed by atoms with Crippen LogP contribution in [0.5, 0.6) is 0 Å². The molecular formula is C14H27IN4O. The lowest BCUT2D eigenvalue weighted by atomic mass is 9.99. The second kappa shape index (κ2) is 10.0. The van der Waals surface area contributed by atoms with Crippen LogP contribution in [-0.2, 0) is 6.54 Å². The van der Waals surface area contributed by atoms with Crippen LogP contribution in [0.3, 0.4) is 0 Å². The third kappa shape index (κ3) is 6.11. The Bertz CT molecular complexity index is 402. The normalized spacial score (nSPS) is 13.2. The van der Waals surface area contributed by atoms with Crippen molar-refractivity contribution in [2.24, 2.45) is 10.7 Å². The van der Waals surface area contributed by atoms with Gasteiger partial charge in [-0.2, -0.15) is 0 Å². The molecule has 0 fully saturated rings. The number of nitrogens with zero attached hydrogens (tertiary/aromatic N) is 2. The van der Waals surface area contributed by atoms with Crippen LogP contribution >= 0.6 is 24.0 Å². The first-order valence-corrected chi connectivity index (χ1v) is 7.12. The maximum Gasteiger partial charge on any atom is 0.189 e. The van der Waals surface area contributed by atoms with E-state index in [2.05, 4.69) is 43.2 Å². The van der Waals surface area contributed by atoms with Gasteiger partial charge >= 0.3 is 0 Å². The van der Waals surface area contributed by atoms with E-state index in [9.17, 15) is 0 Å². The first-order valence-electron chi connectivity index (χ1n) is 7.12. The fourth-order valence-electron chi connectivity index (χ4n) is 1.87. The summed E-state index contributed by atoms with van der Waals surface area (Å²) in [6.45, 7) is 8.93. The Labute approximate surface area is 138 Å². The molecule has 0 spiro atoms. The van der Waals surface area contributed by atoms with Crippen molar-refractivity contribution in [3.8, 4) is 0 Å². The highest BCUT2D eigenvalue weighted by Crippen LogP contribution is 2.22. The molecule has 0 aliphatic heterocycles. The maximum absolute atomic E-state index is 5.79. The van der Waals surface area contributed by atoms with Gasteiger partial charge in [-0.25, -0.2) is 4.99 Å². The van der Waals surface area contributed by atoms with Gasteiger partial charge in [-0.15, -0.1) is 24.0 Å². The second-order valence-corrected chi connectivity index (χ2v) is 4.89. The summed E-state index contributed by atoms with van der Waals surface area (Å²) in [7, 11) is 0. The van der Waals surface area contributed by atoms with E-state index >= 15 is 0 Å². The minimum Gasteiger partial charge on any atom is -0.370 e. The standard InChI is InChI=1S/C14H26N4O.HI/c1-5-10(4)17-14(15)16-9-12-8-13(18-19-12)11(6-2)7-3;/h8,10-11H,5-7,9H2,1-4H3,(H3,15,16,17);1H. The molecule has 5 nitrogen and oxygen atoms in total. The molecule has 0 saturated carbocycles. The van der Waals surface area contributed by atoms with E-state index in [0.717, 1.165) is 30.7 Å². The number of aromatic nitrogens is 1. The molecule has 0 aliphatic carbocycles. The summed E-state index contributed by atoms with van der Waals surface area (Å²) < 4.78 is 5.29. The Kier molecular flexibility index (Phi) is 9.62. The predicted molar refractivity (Wildman–Crippen MR) is 93.5 cm³/mol. The van der Waals surface area contributed by atoms with Gasteiger partial charge in [-0.3, -0.25) is 0 Å². The fraction of sp³-hybridized carbons (Fsp3) is 0.714. The smallest absolute Gasteiger partial charge is 0.189 e. The summed E-state index contributed by atoms with van der Waals surface area (Å²) in [4.78, 5) is 4.26. The summed E-state index contributed by atoms with van der Waals surface area (Å²) in [5, 5.41) is 7.23. The Hall–Kier alpha value is -0.790. The minimum atomic E-state index is 0. The van der Waals surface area contributed by atoms with Gasteiger partial charge in [-0.05, 0) is 26.2 Å². The first kappa shape index (κ1) is 19.2. The van der Waals surface area contributed by atoms with Gasteiger partial charge in [0.2, 0.25) is 0 Å². The highest BCUT2D eigenvalue weighted by molar-refractivity contribution is 14.0. The molecule has 1 aromatic heterocycles. The van der Waals surface area contributed by atoms with Crippen molar-refractivity contribution in [1.82, 2.24) is 10.5 Å². The molecule has 20 heavy (non-hydrogen) atoms. The Morgan fingerprint density at radius 2 is 2.00 bits per heavy atom. The Morgan fingerprint density at radius 1 is 1.35 bits per heavy atom. The SMILES string of the molecule is CCC(C)NC(N)=NCc1cc(C(CC)CC)no1.I. The third-order valence-corrected chi connectivity index (χ3v) is 3.39.